The van der Waals surface area contributed by atoms with E-state index in [1.165, 1.54) is 11.8 Å². The standard InChI is InChI=1S/C23H25N3O5/c1-15-8-10-19(11-9-15)26-14-18(12-20(26)27)22(29)31-16(2)21(28)25-23(30)24-13-17-6-4-3-5-7-17/h3-11,16,18H,12-14H2,1-2H3,(H2,24,25,28,30)/t16-,18-/m1/s1. The number of esters is 1. The third-order valence-electron chi connectivity index (χ3n) is 5.00. The van der Waals surface area contributed by atoms with E-state index >= 15 is 0 Å². The highest BCUT2D eigenvalue weighted by molar-refractivity contribution is 6.00. The third-order valence-corrected chi connectivity index (χ3v) is 5.00. The molecule has 2 aromatic rings. The first-order valence-corrected chi connectivity index (χ1v) is 10.0. The Balaban J connectivity index is 1.47. The SMILES string of the molecule is Cc1ccc(N2C[C@H](C(=O)O[C@H](C)C(=O)NC(=O)NCc3ccccc3)CC2=O)cc1. The van der Waals surface area contributed by atoms with Crippen LogP contribution in [0.1, 0.15) is 24.5 Å². The number of carbonyl (C=O) groups excluding carboxylic acids is 4. The average molecular weight is 423 g/mol. The van der Waals surface area contributed by atoms with Crippen LogP contribution in [0.4, 0.5) is 10.5 Å². The molecule has 1 heterocycles. The van der Waals surface area contributed by atoms with Crippen molar-refractivity contribution in [3.63, 3.8) is 0 Å². The second-order valence-electron chi connectivity index (χ2n) is 7.48. The molecule has 1 saturated heterocycles. The molecule has 0 aliphatic carbocycles. The molecule has 0 unspecified atom stereocenters. The fourth-order valence-electron chi connectivity index (χ4n) is 3.20. The molecule has 2 N–H and O–H groups in total. The lowest BCUT2D eigenvalue weighted by Crippen LogP contribution is -2.45. The van der Waals surface area contributed by atoms with Gasteiger partial charge in [0.1, 0.15) is 0 Å². The Morgan fingerprint density at radius 2 is 1.77 bits per heavy atom. The summed E-state index contributed by atoms with van der Waals surface area (Å²) in [5, 5.41) is 4.72. The van der Waals surface area contributed by atoms with Crippen molar-refractivity contribution in [1.29, 1.82) is 0 Å². The molecule has 1 fully saturated rings. The van der Waals surface area contributed by atoms with Crippen LogP contribution in [-0.4, -0.2) is 36.5 Å². The van der Waals surface area contributed by atoms with Gasteiger partial charge in [-0.3, -0.25) is 19.7 Å². The number of nitrogens with zero attached hydrogens (tertiary/aromatic N) is 1. The van der Waals surface area contributed by atoms with Crippen LogP contribution in [-0.2, 0) is 25.7 Å². The Labute approximate surface area is 180 Å². The molecular weight excluding hydrogens is 398 g/mol. The summed E-state index contributed by atoms with van der Waals surface area (Å²) in [6, 6.07) is 16.0. The molecule has 8 nitrogen and oxygen atoms in total. The highest BCUT2D eigenvalue weighted by Gasteiger charge is 2.37. The normalized spacial score (nSPS) is 16.5. The smallest absolute Gasteiger partial charge is 0.321 e. The predicted molar refractivity (Wildman–Crippen MR) is 114 cm³/mol. The van der Waals surface area contributed by atoms with Gasteiger partial charge in [0.2, 0.25) is 5.91 Å². The third kappa shape index (κ3) is 5.91. The first-order chi connectivity index (χ1) is 14.8. The number of aryl methyl sites for hydroxylation is 1. The molecule has 4 amide bonds. The number of hydrogen-bond acceptors (Lipinski definition) is 5. The summed E-state index contributed by atoms with van der Waals surface area (Å²) in [4.78, 5) is 50.4. The molecule has 1 aliphatic rings. The van der Waals surface area contributed by atoms with Gasteiger partial charge in [-0.15, -0.1) is 0 Å². The lowest BCUT2D eigenvalue weighted by molar-refractivity contribution is -0.158. The Morgan fingerprint density at radius 1 is 1.10 bits per heavy atom. The number of carbonyl (C=O) groups is 4. The summed E-state index contributed by atoms with van der Waals surface area (Å²) in [7, 11) is 0. The molecule has 8 heteroatoms. The van der Waals surface area contributed by atoms with E-state index in [1.807, 2.05) is 61.5 Å². The van der Waals surface area contributed by atoms with Crippen LogP contribution in [0.5, 0.6) is 0 Å². The van der Waals surface area contributed by atoms with E-state index in [-0.39, 0.29) is 25.4 Å². The minimum atomic E-state index is -1.17. The molecule has 31 heavy (non-hydrogen) atoms. The molecule has 162 valence electrons. The number of anilines is 1. The van der Waals surface area contributed by atoms with E-state index in [9.17, 15) is 19.2 Å². The quantitative estimate of drug-likeness (QED) is 0.694. The molecular formula is C23H25N3O5. The first-order valence-electron chi connectivity index (χ1n) is 10.0. The Kier molecular flexibility index (Phi) is 7.02. The van der Waals surface area contributed by atoms with Crippen molar-refractivity contribution in [2.75, 3.05) is 11.4 Å². The van der Waals surface area contributed by atoms with Gasteiger partial charge in [-0.1, -0.05) is 48.0 Å². The van der Waals surface area contributed by atoms with Gasteiger partial charge < -0.3 is 15.0 Å². The van der Waals surface area contributed by atoms with Gasteiger partial charge in [-0.05, 0) is 31.5 Å². The average Bonchev–Trinajstić information content (AvgIpc) is 3.15. The lowest BCUT2D eigenvalue weighted by Gasteiger charge is -2.18. The maximum atomic E-state index is 12.5. The van der Waals surface area contributed by atoms with E-state index < -0.39 is 29.9 Å². The van der Waals surface area contributed by atoms with Crippen molar-refractivity contribution in [3.05, 3.63) is 65.7 Å². The monoisotopic (exact) mass is 423 g/mol. The van der Waals surface area contributed by atoms with Crippen molar-refractivity contribution in [3.8, 4) is 0 Å². The molecule has 0 bridgehead atoms. The Morgan fingerprint density at radius 3 is 2.45 bits per heavy atom. The molecule has 0 aromatic heterocycles. The summed E-state index contributed by atoms with van der Waals surface area (Å²) >= 11 is 0. The summed E-state index contributed by atoms with van der Waals surface area (Å²) in [5.74, 6) is -2.23. The number of rotatable bonds is 6. The number of amides is 4. The highest BCUT2D eigenvalue weighted by atomic mass is 16.5. The number of nitrogens with one attached hydrogen (secondary N) is 2. The first kappa shape index (κ1) is 22.0. The lowest BCUT2D eigenvalue weighted by atomic mass is 10.1. The van der Waals surface area contributed by atoms with Crippen LogP contribution in [0.15, 0.2) is 54.6 Å². The molecule has 0 spiro atoms. The van der Waals surface area contributed by atoms with E-state index in [0.29, 0.717) is 5.69 Å². The van der Waals surface area contributed by atoms with Crippen molar-refractivity contribution in [1.82, 2.24) is 10.6 Å². The summed E-state index contributed by atoms with van der Waals surface area (Å²) in [5.41, 5.74) is 2.67. The topological polar surface area (TPSA) is 105 Å². The van der Waals surface area contributed by atoms with E-state index in [2.05, 4.69) is 10.6 Å². The van der Waals surface area contributed by atoms with Crippen LogP contribution < -0.4 is 15.5 Å². The zero-order chi connectivity index (χ0) is 22.4. The van der Waals surface area contributed by atoms with Crippen LogP contribution in [0.2, 0.25) is 0 Å². The predicted octanol–water partition coefficient (Wildman–Crippen LogP) is 2.31. The maximum Gasteiger partial charge on any atom is 0.321 e. The molecule has 1 aliphatic heterocycles. The van der Waals surface area contributed by atoms with Gasteiger partial charge in [-0.25, -0.2) is 4.79 Å². The number of ether oxygens (including phenoxy) is 1. The van der Waals surface area contributed by atoms with Gasteiger partial charge in [-0.2, -0.15) is 0 Å². The summed E-state index contributed by atoms with van der Waals surface area (Å²) in [6.45, 7) is 3.77. The van der Waals surface area contributed by atoms with E-state index in [0.717, 1.165) is 11.1 Å². The second-order valence-corrected chi connectivity index (χ2v) is 7.48. The zero-order valence-electron chi connectivity index (χ0n) is 17.5. The minimum Gasteiger partial charge on any atom is -0.452 e. The largest absolute Gasteiger partial charge is 0.452 e. The van der Waals surface area contributed by atoms with Gasteiger partial charge in [0.05, 0.1) is 5.92 Å². The van der Waals surface area contributed by atoms with E-state index in [1.54, 1.807) is 0 Å². The second kappa shape index (κ2) is 9.88. The van der Waals surface area contributed by atoms with Crippen molar-refractivity contribution < 1.29 is 23.9 Å². The van der Waals surface area contributed by atoms with Gasteiger partial charge in [0.15, 0.2) is 6.10 Å². The molecule has 2 aromatic carbocycles. The summed E-state index contributed by atoms with van der Waals surface area (Å²) in [6.07, 6.45) is -1.16. The Bertz CT molecular complexity index is 959. The molecule has 0 saturated carbocycles. The van der Waals surface area contributed by atoms with Crippen molar-refractivity contribution in [2.45, 2.75) is 32.9 Å². The van der Waals surface area contributed by atoms with Gasteiger partial charge in [0.25, 0.3) is 5.91 Å². The van der Waals surface area contributed by atoms with Crippen LogP contribution in [0.25, 0.3) is 0 Å². The Hall–Kier alpha value is -3.68. The van der Waals surface area contributed by atoms with Crippen LogP contribution in [0.3, 0.4) is 0 Å². The number of urea groups is 1. The van der Waals surface area contributed by atoms with Gasteiger partial charge in [0, 0.05) is 25.2 Å². The fourth-order valence-corrected chi connectivity index (χ4v) is 3.20. The number of hydrogen-bond donors (Lipinski definition) is 2. The minimum absolute atomic E-state index is 0.0125. The van der Waals surface area contributed by atoms with Gasteiger partial charge >= 0.3 is 12.0 Å². The van der Waals surface area contributed by atoms with Crippen LogP contribution >= 0.6 is 0 Å². The molecule has 3 rings (SSSR count). The molecule has 2 atom stereocenters. The highest BCUT2D eigenvalue weighted by Crippen LogP contribution is 2.26. The van der Waals surface area contributed by atoms with E-state index in [4.69, 9.17) is 4.74 Å². The zero-order valence-corrected chi connectivity index (χ0v) is 17.5. The van der Waals surface area contributed by atoms with Crippen molar-refractivity contribution >= 4 is 29.5 Å². The van der Waals surface area contributed by atoms with Crippen molar-refractivity contribution in [2.24, 2.45) is 5.92 Å². The molecule has 0 radical (unpaired) electrons. The summed E-state index contributed by atoms with van der Waals surface area (Å²) < 4.78 is 5.20. The fraction of sp³-hybridized carbons (Fsp3) is 0.304. The number of benzene rings is 2. The van der Waals surface area contributed by atoms with Crippen LogP contribution in [0, 0.1) is 12.8 Å². The maximum absolute atomic E-state index is 12.5. The number of imide groups is 1.